The van der Waals surface area contributed by atoms with Crippen molar-refractivity contribution in [1.29, 1.82) is 0 Å². The molecule has 0 bridgehead atoms. The number of carbonyl (C=O) groups is 1. The highest BCUT2D eigenvalue weighted by atomic mass is 35.5. The molecule has 0 aliphatic heterocycles. The van der Waals surface area contributed by atoms with Gasteiger partial charge in [-0.1, -0.05) is 12.1 Å². The third-order valence-electron chi connectivity index (χ3n) is 3.59. The van der Waals surface area contributed by atoms with Gasteiger partial charge in [-0.25, -0.2) is 0 Å². The zero-order valence-electron chi connectivity index (χ0n) is 12.2. The maximum absolute atomic E-state index is 12.2. The molecule has 1 aromatic heterocycles. The Hall–Kier alpha value is -1.85. The molecule has 5 nitrogen and oxygen atoms in total. The lowest BCUT2D eigenvalue weighted by Crippen LogP contribution is -2.41. The fourth-order valence-electron chi connectivity index (χ4n) is 2.06. The Morgan fingerprint density at radius 3 is 2.67 bits per heavy atom. The van der Waals surface area contributed by atoms with Crippen molar-refractivity contribution in [3.8, 4) is 0 Å². The molecule has 2 rings (SSSR count). The van der Waals surface area contributed by atoms with Crippen LogP contribution in [0.25, 0.3) is 10.9 Å². The van der Waals surface area contributed by atoms with Gasteiger partial charge in [0, 0.05) is 37.3 Å². The quantitative estimate of drug-likeness (QED) is 0.923. The van der Waals surface area contributed by atoms with Gasteiger partial charge >= 0.3 is 0 Å². The molecular weight excluding hydrogens is 290 g/mol. The Bertz CT molecular complexity index is 684. The first-order valence-electron chi connectivity index (χ1n) is 6.58. The summed E-state index contributed by atoms with van der Waals surface area (Å²) in [7, 11) is 1.74. The minimum Gasteiger partial charge on any atom is -0.340 e. The van der Waals surface area contributed by atoms with Crippen LogP contribution >= 0.6 is 12.4 Å². The Labute approximate surface area is 129 Å². The van der Waals surface area contributed by atoms with Gasteiger partial charge in [-0.2, -0.15) is 0 Å². The van der Waals surface area contributed by atoms with E-state index in [1.807, 2.05) is 25.1 Å². The molecule has 114 valence electrons. The summed E-state index contributed by atoms with van der Waals surface area (Å²) in [5, 5.41) is 0.623. The first-order valence-corrected chi connectivity index (χ1v) is 6.58. The molecule has 0 saturated heterocycles. The molecule has 0 saturated carbocycles. The molecule has 1 amide bonds. The summed E-state index contributed by atoms with van der Waals surface area (Å²) in [4.78, 5) is 25.6. The van der Waals surface area contributed by atoms with E-state index in [1.165, 1.54) is 6.07 Å². The first kappa shape index (κ1) is 17.2. The second-order valence-corrected chi connectivity index (χ2v) is 4.91. The molecule has 2 aromatic rings. The van der Waals surface area contributed by atoms with Gasteiger partial charge in [0.25, 0.3) is 0 Å². The zero-order chi connectivity index (χ0) is 14.7. The Morgan fingerprint density at radius 1 is 1.33 bits per heavy atom. The van der Waals surface area contributed by atoms with Gasteiger partial charge in [-0.05, 0) is 19.1 Å². The van der Waals surface area contributed by atoms with Crippen molar-refractivity contribution >= 4 is 29.2 Å². The normalized spacial score (nSPS) is 11.8. The number of nitrogens with zero attached hydrogens (tertiary/aromatic N) is 2. The molecule has 6 heteroatoms. The number of aromatic nitrogens is 1. The van der Waals surface area contributed by atoms with Crippen LogP contribution in [-0.2, 0) is 11.3 Å². The molecule has 0 aliphatic rings. The third-order valence-corrected chi connectivity index (χ3v) is 3.59. The monoisotopic (exact) mass is 309 g/mol. The number of halogens is 1. The number of likely N-dealkylation sites (N-methyl/N-ethyl adjacent to an activating group) is 1. The van der Waals surface area contributed by atoms with E-state index in [0.29, 0.717) is 11.9 Å². The smallest absolute Gasteiger partial charge is 0.242 e. The van der Waals surface area contributed by atoms with E-state index in [9.17, 15) is 9.59 Å². The highest BCUT2D eigenvalue weighted by Crippen LogP contribution is 2.10. The molecule has 21 heavy (non-hydrogen) atoms. The number of para-hydroxylation sites is 1. The summed E-state index contributed by atoms with van der Waals surface area (Å²) in [6.45, 7) is 2.52. The summed E-state index contributed by atoms with van der Waals surface area (Å²) >= 11 is 0. The summed E-state index contributed by atoms with van der Waals surface area (Å²) in [6, 6.07) is 8.77. The second kappa shape index (κ2) is 7.24. The Balaban J connectivity index is 0.00000220. The minimum atomic E-state index is -0.0343. The Kier molecular flexibility index (Phi) is 5.93. The number of hydrogen-bond donors (Lipinski definition) is 1. The van der Waals surface area contributed by atoms with E-state index in [2.05, 4.69) is 0 Å². The minimum absolute atomic E-state index is 0. The number of amides is 1. The first-order chi connectivity index (χ1) is 9.54. The van der Waals surface area contributed by atoms with Crippen molar-refractivity contribution in [2.75, 3.05) is 13.6 Å². The highest BCUT2D eigenvalue weighted by molar-refractivity contribution is 5.85. The van der Waals surface area contributed by atoms with Crippen LogP contribution < -0.4 is 11.2 Å². The molecule has 0 radical (unpaired) electrons. The van der Waals surface area contributed by atoms with Crippen LogP contribution in [0.15, 0.2) is 41.3 Å². The number of nitrogens with two attached hydrogens (primary N) is 1. The van der Waals surface area contributed by atoms with Crippen LogP contribution in [0.4, 0.5) is 0 Å². The van der Waals surface area contributed by atoms with Gasteiger partial charge in [-0.3, -0.25) is 9.59 Å². The highest BCUT2D eigenvalue weighted by Gasteiger charge is 2.15. The van der Waals surface area contributed by atoms with E-state index in [1.54, 1.807) is 28.8 Å². The molecule has 0 fully saturated rings. The lowest BCUT2D eigenvalue weighted by molar-refractivity contribution is -0.132. The van der Waals surface area contributed by atoms with Crippen molar-refractivity contribution < 1.29 is 4.79 Å². The summed E-state index contributed by atoms with van der Waals surface area (Å²) < 4.78 is 1.79. The van der Waals surface area contributed by atoms with Crippen LogP contribution in [0, 0.1) is 0 Å². The lowest BCUT2D eigenvalue weighted by Gasteiger charge is -2.24. The number of carbonyl (C=O) groups excluding carboxylic acids is 1. The van der Waals surface area contributed by atoms with Gasteiger partial charge in [0.1, 0.15) is 6.54 Å². The van der Waals surface area contributed by atoms with Crippen LogP contribution in [0.5, 0.6) is 0 Å². The number of hydrogen-bond acceptors (Lipinski definition) is 3. The van der Waals surface area contributed by atoms with E-state index in [0.717, 1.165) is 5.52 Å². The summed E-state index contributed by atoms with van der Waals surface area (Å²) in [5.41, 5.74) is 6.30. The van der Waals surface area contributed by atoms with Crippen molar-refractivity contribution in [2.45, 2.75) is 19.5 Å². The molecule has 1 atom stereocenters. The summed E-state index contributed by atoms with van der Waals surface area (Å²) in [6.07, 6.45) is 1.66. The molecule has 1 unspecified atom stereocenters. The second-order valence-electron chi connectivity index (χ2n) is 4.91. The Morgan fingerprint density at radius 2 is 2.00 bits per heavy atom. The topological polar surface area (TPSA) is 68.3 Å². The number of rotatable bonds is 4. The maximum atomic E-state index is 12.2. The van der Waals surface area contributed by atoms with Crippen LogP contribution in [0.2, 0.25) is 0 Å². The number of fused-ring (bicyclic) bond motifs is 1. The predicted octanol–water partition coefficient (Wildman–Crippen LogP) is 1.23. The largest absolute Gasteiger partial charge is 0.340 e. The van der Waals surface area contributed by atoms with E-state index in [-0.39, 0.29) is 36.3 Å². The molecule has 1 aromatic carbocycles. The SMILES string of the molecule is CC(CN)N(C)C(=O)Cn1ccc(=O)c2ccccc21.Cl. The lowest BCUT2D eigenvalue weighted by atomic mass is 10.2. The van der Waals surface area contributed by atoms with Gasteiger partial charge in [0.15, 0.2) is 5.43 Å². The number of pyridine rings is 1. The molecule has 1 heterocycles. The van der Waals surface area contributed by atoms with Crippen molar-refractivity contribution in [1.82, 2.24) is 9.47 Å². The maximum Gasteiger partial charge on any atom is 0.242 e. The summed E-state index contributed by atoms with van der Waals surface area (Å²) in [5.74, 6) is -0.0308. The average molecular weight is 310 g/mol. The van der Waals surface area contributed by atoms with E-state index >= 15 is 0 Å². The fourth-order valence-corrected chi connectivity index (χ4v) is 2.06. The average Bonchev–Trinajstić information content (AvgIpc) is 2.48. The standard InChI is InChI=1S/C15H19N3O2.ClH/c1-11(9-16)17(2)15(20)10-18-8-7-14(19)12-5-3-4-6-13(12)18;/h3-8,11H,9-10,16H2,1-2H3;1H. The predicted molar refractivity (Wildman–Crippen MR) is 86.7 cm³/mol. The van der Waals surface area contributed by atoms with Crippen molar-refractivity contribution in [3.05, 3.63) is 46.8 Å². The van der Waals surface area contributed by atoms with Gasteiger partial charge < -0.3 is 15.2 Å². The van der Waals surface area contributed by atoms with Crippen LogP contribution in [0.3, 0.4) is 0 Å². The van der Waals surface area contributed by atoms with Crippen LogP contribution in [-0.4, -0.2) is 35.0 Å². The van der Waals surface area contributed by atoms with Gasteiger partial charge in [-0.15, -0.1) is 12.4 Å². The van der Waals surface area contributed by atoms with Crippen LogP contribution in [0.1, 0.15) is 6.92 Å². The number of benzene rings is 1. The molecular formula is C15H20ClN3O2. The van der Waals surface area contributed by atoms with E-state index < -0.39 is 0 Å². The van der Waals surface area contributed by atoms with Crippen molar-refractivity contribution in [2.24, 2.45) is 5.73 Å². The molecule has 0 aliphatic carbocycles. The zero-order valence-corrected chi connectivity index (χ0v) is 13.0. The molecule has 0 spiro atoms. The molecule has 2 N–H and O–H groups in total. The van der Waals surface area contributed by atoms with Gasteiger partial charge in [0.05, 0.1) is 5.52 Å². The van der Waals surface area contributed by atoms with Crippen molar-refractivity contribution in [3.63, 3.8) is 0 Å². The fraction of sp³-hybridized carbons (Fsp3) is 0.333. The van der Waals surface area contributed by atoms with Gasteiger partial charge in [0.2, 0.25) is 5.91 Å². The third kappa shape index (κ3) is 3.62. The van der Waals surface area contributed by atoms with E-state index in [4.69, 9.17) is 5.73 Å².